The van der Waals surface area contributed by atoms with Crippen molar-refractivity contribution in [3.05, 3.63) is 89.5 Å². The fraction of sp³-hybridized carbons (Fsp3) is 0.368. The molecule has 2 bridgehead atoms. The van der Waals surface area contributed by atoms with Crippen LogP contribution in [0.5, 0.6) is 5.75 Å². The van der Waals surface area contributed by atoms with Gasteiger partial charge in [-0.25, -0.2) is 4.98 Å². The molecule has 3 aliphatic rings. The number of likely N-dealkylation sites (tertiary alicyclic amines) is 1. The molecule has 1 amide bonds. The lowest BCUT2D eigenvalue weighted by Crippen LogP contribution is -2.41. The highest BCUT2D eigenvalue weighted by atomic mass is 16.5. The summed E-state index contributed by atoms with van der Waals surface area (Å²) in [6.07, 6.45) is 11.2. The Hall–Kier alpha value is -4.36. The SMILES string of the molecule is COc1cc(C(=O)N2C[C@H]3CCC2[C@@H]3N)cc2nc(-c3cc4ccc(/C=C/CCc5ccccc5)cc4n3CC3CC3)n(C)c12. The van der Waals surface area contributed by atoms with Gasteiger partial charge in [0.05, 0.1) is 18.3 Å². The van der Waals surface area contributed by atoms with Gasteiger partial charge in [-0.2, -0.15) is 0 Å². The number of benzene rings is 3. The second-order valence-electron chi connectivity index (χ2n) is 13.3. The predicted octanol–water partition coefficient (Wildman–Crippen LogP) is 6.82. The molecule has 7 nitrogen and oxygen atoms in total. The number of ether oxygens (including phenoxy) is 1. The molecule has 2 aliphatic carbocycles. The highest BCUT2D eigenvalue weighted by Gasteiger charge is 2.47. The Morgan fingerprint density at radius 2 is 1.89 bits per heavy atom. The lowest BCUT2D eigenvalue weighted by Gasteiger charge is -2.27. The molecule has 2 saturated carbocycles. The molecule has 2 N–H and O–H groups in total. The van der Waals surface area contributed by atoms with Gasteiger partial charge in [0.1, 0.15) is 11.3 Å². The highest BCUT2D eigenvalue weighted by molar-refractivity contribution is 6.00. The van der Waals surface area contributed by atoms with Crippen molar-refractivity contribution in [3.63, 3.8) is 0 Å². The van der Waals surface area contributed by atoms with Crippen molar-refractivity contribution < 1.29 is 9.53 Å². The van der Waals surface area contributed by atoms with E-state index >= 15 is 0 Å². The first-order valence-electron chi connectivity index (χ1n) is 16.4. The van der Waals surface area contributed by atoms with Crippen LogP contribution in [0.3, 0.4) is 0 Å². The Bertz CT molecular complexity index is 1930. The zero-order chi connectivity index (χ0) is 30.7. The summed E-state index contributed by atoms with van der Waals surface area (Å²) in [7, 11) is 3.72. The van der Waals surface area contributed by atoms with Crippen LogP contribution in [0.2, 0.25) is 0 Å². The van der Waals surface area contributed by atoms with Crippen molar-refractivity contribution in [3.8, 4) is 17.3 Å². The van der Waals surface area contributed by atoms with E-state index in [1.807, 2.05) is 24.1 Å². The first kappa shape index (κ1) is 28.1. The quantitative estimate of drug-likeness (QED) is 0.202. The molecule has 7 heteroatoms. The topological polar surface area (TPSA) is 78.3 Å². The van der Waals surface area contributed by atoms with Crippen LogP contribution in [0.25, 0.3) is 39.5 Å². The van der Waals surface area contributed by atoms with Crippen molar-refractivity contribution in [1.29, 1.82) is 0 Å². The summed E-state index contributed by atoms with van der Waals surface area (Å²) < 4.78 is 10.5. The number of rotatable bonds is 9. The molecule has 3 heterocycles. The maximum Gasteiger partial charge on any atom is 0.254 e. The summed E-state index contributed by atoms with van der Waals surface area (Å²) in [5.41, 5.74) is 13.6. The number of aromatic nitrogens is 3. The number of imidazole rings is 1. The van der Waals surface area contributed by atoms with E-state index in [1.165, 1.54) is 34.9 Å². The zero-order valence-corrected chi connectivity index (χ0v) is 26.2. The number of piperidine rings is 1. The second kappa shape index (κ2) is 11.2. The Labute approximate surface area is 264 Å². The van der Waals surface area contributed by atoms with Gasteiger partial charge in [0.25, 0.3) is 5.91 Å². The van der Waals surface area contributed by atoms with Gasteiger partial charge >= 0.3 is 0 Å². The van der Waals surface area contributed by atoms with E-state index < -0.39 is 0 Å². The Balaban J connectivity index is 1.14. The number of nitrogens with two attached hydrogens (primary N) is 1. The number of hydrogen-bond donors (Lipinski definition) is 1. The summed E-state index contributed by atoms with van der Waals surface area (Å²) in [5, 5.41) is 1.21. The van der Waals surface area contributed by atoms with Crippen LogP contribution < -0.4 is 10.5 Å². The molecular weight excluding hydrogens is 558 g/mol. The predicted molar refractivity (Wildman–Crippen MR) is 180 cm³/mol. The molecular formula is C38H41N5O2. The Morgan fingerprint density at radius 1 is 1.04 bits per heavy atom. The number of amides is 1. The van der Waals surface area contributed by atoms with Crippen LogP contribution in [0.1, 0.15) is 53.6 Å². The minimum Gasteiger partial charge on any atom is -0.494 e. The lowest BCUT2D eigenvalue weighted by atomic mass is 10.1. The molecule has 3 aromatic carbocycles. The van der Waals surface area contributed by atoms with Gasteiger partial charge in [-0.15, -0.1) is 0 Å². The van der Waals surface area contributed by atoms with Gasteiger partial charge in [0.2, 0.25) is 0 Å². The van der Waals surface area contributed by atoms with Crippen molar-refractivity contribution in [2.24, 2.45) is 24.6 Å². The molecule has 5 aromatic rings. The molecule has 3 atom stereocenters. The van der Waals surface area contributed by atoms with E-state index in [4.69, 9.17) is 15.5 Å². The monoisotopic (exact) mass is 599 g/mol. The molecule has 1 aliphatic heterocycles. The van der Waals surface area contributed by atoms with E-state index in [-0.39, 0.29) is 18.0 Å². The van der Waals surface area contributed by atoms with Crippen molar-refractivity contribution in [2.75, 3.05) is 13.7 Å². The number of hydrogen-bond acceptors (Lipinski definition) is 4. The van der Waals surface area contributed by atoms with E-state index in [0.717, 1.165) is 61.3 Å². The maximum atomic E-state index is 13.7. The summed E-state index contributed by atoms with van der Waals surface area (Å²) in [5.74, 6) is 2.67. The van der Waals surface area contributed by atoms with Crippen LogP contribution in [-0.2, 0) is 20.0 Å². The second-order valence-corrected chi connectivity index (χ2v) is 13.3. The number of aryl methyl sites for hydroxylation is 2. The molecule has 0 radical (unpaired) electrons. The molecule has 1 unspecified atom stereocenters. The van der Waals surface area contributed by atoms with Crippen molar-refractivity contribution in [2.45, 2.75) is 57.2 Å². The molecule has 3 fully saturated rings. The molecule has 1 saturated heterocycles. The number of nitrogens with zero attached hydrogens (tertiary/aromatic N) is 4. The zero-order valence-electron chi connectivity index (χ0n) is 26.2. The normalized spacial score (nSPS) is 21.1. The van der Waals surface area contributed by atoms with Crippen LogP contribution in [0.15, 0.2) is 72.8 Å². The Kier molecular flexibility index (Phi) is 7.01. The Morgan fingerprint density at radius 3 is 2.62 bits per heavy atom. The van der Waals surface area contributed by atoms with Crippen LogP contribution >= 0.6 is 0 Å². The lowest BCUT2D eigenvalue weighted by molar-refractivity contribution is 0.0700. The third-order valence-corrected chi connectivity index (χ3v) is 10.4. The first-order valence-corrected chi connectivity index (χ1v) is 16.4. The number of fused-ring (bicyclic) bond motifs is 4. The average Bonchev–Trinajstić information content (AvgIpc) is 3.47. The third kappa shape index (κ3) is 5.03. The largest absolute Gasteiger partial charge is 0.494 e. The van der Waals surface area contributed by atoms with Crippen molar-refractivity contribution in [1.82, 2.24) is 19.0 Å². The number of allylic oxidation sites excluding steroid dienone is 1. The molecule has 0 spiro atoms. The minimum absolute atomic E-state index is 0.0252. The fourth-order valence-corrected chi connectivity index (χ4v) is 7.70. The molecule has 2 aromatic heterocycles. The van der Waals surface area contributed by atoms with Gasteiger partial charge in [-0.3, -0.25) is 4.79 Å². The van der Waals surface area contributed by atoms with Gasteiger partial charge in [0, 0.05) is 48.7 Å². The number of carbonyl (C=O) groups excluding carboxylic acids is 1. The van der Waals surface area contributed by atoms with E-state index in [2.05, 4.69) is 75.9 Å². The van der Waals surface area contributed by atoms with Crippen LogP contribution in [0.4, 0.5) is 0 Å². The number of methoxy groups -OCH3 is 1. The van der Waals surface area contributed by atoms with Crippen LogP contribution in [0, 0.1) is 11.8 Å². The van der Waals surface area contributed by atoms with Crippen molar-refractivity contribution >= 4 is 33.9 Å². The van der Waals surface area contributed by atoms with E-state index in [9.17, 15) is 4.79 Å². The van der Waals surface area contributed by atoms with Gasteiger partial charge < -0.3 is 24.5 Å². The first-order chi connectivity index (χ1) is 22.0. The highest BCUT2D eigenvalue weighted by Crippen LogP contribution is 2.40. The van der Waals surface area contributed by atoms with Gasteiger partial charge in [-0.05, 0) is 85.8 Å². The van der Waals surface area contributed by atoms with Crippen LogP contribution in [-0.4, -0.2) is 50.7 Å². The number of carbonyl (C=O) groups is 1. The minimum atomic E-state index is 0.0252. The summed E-state index contributed by atoms with van der Waals surface area (Å²) in [6.45, 7) is 1.71. The fourth-order valence-electron chi connectivity index (χ4n) is 7.70. The smallest absolute Gasteiger partial charge is 0.254 e. The average molecular weight is 600 g/mol. The van der Waals surface area contributed by atoms with Gasteiger partial charge in [-0.1, -0.05) is 54.6 Å². The standard InChI is InChI=1S/C38H41N5O2/c1-41-36-30(19-29(21-34(36)45-2)38(44)43-23-28-16-17-31(43)35(28)39)40-37(41)33-20-27-15-14-25(18-32(27)42(33)22-26-12-13-26)11-7-6-10-24-8-4-3-5-9-24/h3-5,7-9,11,14-15,18-21,26,28,31,35H,6,10,12-13,16-17,22-23,39H2,1-2H3/b11-7+/t28-,31?,35-/m1/s1. The summed E-state index contributed by atoms with van der Waals surface area (Å²) in [4.78, 5) is 20.9. The summed E-state index contributed by atoms with van der Waals surface area (Å²) >= 11 is 0. The third-order valence-electron chi connectivity index (χ3n) is 10.4. The van der Waals surface area contributed by atoms with Gasteiger partial charge in [0.15, 0.2) is 5.82 Å². The maximum absolute atomic E-state index is 13.7. The molecule has 45 heavy (non-hydrogen) atoms. The van der Waals surface area contributed by atoms with E-state index in [1.54, 1.807) is 7.11 Å². The molecule has 8 rings (SSSR count). The van der Waals surface area contributed by atoms with E-state index in [0.29, 0.717) is 23.1 Å². The molecule has 230 valence electrons. The summed E-state index contributed by atoms with van der Waals surface area (Å²) in [6, 6.07) is 23.7.